The molecule has 0 spiro atoms. The zero-order chi connectivity index (χ0) is 15.5. The van der Waals surface area contributed by atoms with Gasteiger partial charge in [-0.2, -0.15) is 0 Å². The second-order valence-electron chi connectivity index (χ2n) is 5.81. The van der Waals surface area contributed by atoms with Crippen LogP contribution in [0.4, 0.5) is 5.69 Å². The number of carbonyl (C=O) groups excluding carboxylic acids is 2. The summed E-state index contributed by atoms with van der Waals surface area (Å²) in [5, 5.41) is 9.54. The van der Waals surface area contributed by atoms with Gasteiger partial charge in [0.15, 0.2) is 0 Å². The van der Waals surface area contributed by atoms with Crippen LogP contribution in [0.3, 0.4) is 0 Å². The number of phenols is 1. The Bertz CT molecular complexity index is 568. The molecule has 1 aromatic rings. The number of aromatic hydroxyl groups is 1. The Labute approximate surface area is 129 Å². The van der Waals surface area contributed by atoms with Crippen molar-refractivity contribution in [2.75, 3.05) is 44.2 Å². The van der Waals surface area contributed by atoms with E-state index >= 15 is 0 Å². The molecule has 2 aliphatic heterocycles. The molecule has 0 radical (unpaired) electrons. The zero-order valence-electron chi connectivity index (χ0n) is 12.6. The first-order valence-electron chi connectivity index (χ1n) is 7.73. The summed E-state index contributed by atoms with van der Waals surface area (Å²) < 4.78 is 0. The van der Waals surface area contributed by atoms with Crippen LogP contribution in [0.1, 0.15) is 12.8 Å². The second kappa shape index (κ2) is 6.25. The number of amides is 2. The maximum absolute atomic E-state index is 12.3. The number of likely N-dealkylation sites (tertiary alicyclic amines) is 1. The van der Waals surface area contributed by atoms with E-state index in [0.717, 1.165) is 25.2 Å². The molecule has 6 heteroatoms. The van der Waals surface area contributed by atoms with Gasteiger partial charge in [-0.3, -0.25) is 9.59 Å². The molecule has 3 rings (SSSR count). The highest BCUT2D eigenvalue weighted by molar-refractivity contribution is 5.86. The van der Waals surface area contributed by atoms with E-state index in [2.05, 4.69) is 4.90 Å². The van der Waals surface area contributed by atoms with Gasteiger partial charge in [0.25, 0.3) is 0 Å². The fraction of sp³-hybridized carbons (Fsp3) is 0.500. The highest BCUT2D eigenvalue weighted by Crippen LogP contribution is 2.21. The molecule has 2 aliphatic rings. The molecule has 6 nitrogen and oxygen atoms in total. The number of hydrogen-bond acceptors (Lipinski definition) is 4. The van der Waals surface area contributed by atoms with Crippen molar-refractivity contribution >= 4 is 17.5 Å². The zero-order valence-corrected chi connectivity index (χ0v) is 12.6. The van der Waals surface area contributed by atoms with Gasteiger partial charge in [0.05, 0.1) is 6.54 Å². The summed E-state index contributed by atoms with van der Waals surface area (Å²) in [6, 6.07) is 7.16. The van der Waals surface area contributed by atoms with E-state index in [0.29, 0.717) is 26.1 Å². The van der Waals surface area contributed by atoms with Crippen LogP contribution in [0.2, 0.25) is 0 Å². The molecule has 1 N–H and O–H groups in total. The highest BCUT2D eigenvalue weighted by Gasteiger charge is 2.27. The molecule has 0 bridgehead atoms. The van der Waals surface area contributed by atoms with E-state index in [-0.39, 0.29) is 24.1 Å². The van der Waals surface area contributed by atoms with Crippen LogP contribution in [0.15, 0.2) is 24.3 Å². The predicted octanol–water partition coefficient (Wildman–Crippen LogP) is 0.663. The Morgan fingerprint density at radius 2 is 1.91 bits per heavy atom. The van der Waals surface area contributed by atoms with Crippen molar-refractivity contribution in [1.29, 1.82) is 0 Å². The fourth-order valence-corrected chi connectivity index (χ4v) is 3.04. The van der Waals surface area contributed by atoms with Gasteiger partial charge < -0.3 is 19.8 Å². The van der Waals surface area contributed by atoms with Gasteiger partial charge in [0, 0.05) is 50.9 Å². The minimum Gasteiger partial charge on any atom is -0.508 e. The molecule has 2 fully saturated rings. The van der Waals surface area contributed by atoms with Crippen LogP contribution in [-0.2, 0) is 9.59 Å². The summed E-state index contributed by atoms with van der Waals surface area (Å²) in [5.41, 5.74) is 0.974. The molecule has 0 unspecified atom stereocenters. The summed E-state index contributed by atoms with van der Waals surface area (Å²) in [6.45, 7) is 3.69. The van der Waals surface area contributed by atoms with Crippen molar-refractivity contribution in [2.24, 2.45) is 0 Å². The normalized spacial score (nSPS) is 18.9. The van der Waals surface area contributed by atoms with Crippen LogP contribution in [0.5, 0.6) is 5.75 Å². The van der Waals surface area contributed by atoms with E-state index in [1.165, 1.54) is 0 Å². The first-order chi connectivity index (χ1) is 10.6. The lowest BCUT2D eigenvalue weighted by atomic mass is 10.2. The molecule has 0 saturated carbocycles. The number of rotatable bonds is 3. The summed E-state index contributed by atoms with van der Waals surface area (Å²) in [6.07, 6.45) is 1.43. The van der Waals surface area contributed by atoms with Crippen LogP contribution in [-0.4, -0.2) is 66.0 Å². The Kier molecular flexibility index (Phi) is 4.18. The molecule has 0 aliphatic carbocycles. The summed E-state index contributed by atoms with van der Waals surface area (Å²) in [7, 11) is 0. The number of anilines is 1. The first-order valence-corrected chi connectivity index (χ1v) is 7.73. The smallest absolute Gasteiger partial charge is 0.242 e. The third-order valence-corrected chi connectivity index (χ3v) is 4.32. The second-order valence-corrected chi connectivity index (χ2v) is 5.81. The number of piperazine rings is 1. The maximum atomic E-state index is 12.3. The quantitative estimate of drug-likeness (QED) is 0.891. The SMILES string of the molecule is O=C(CN1CCCC1=O)N1CCN(c2cccc(O)c2)CC1. The lowest BCUT2D eigenvalue weighted by molar-refractivity contribution is -0.138. The van der Waals surface area contributed by atoms with E-state index < -0.39 is 0 Å². The molecule has 2 saturated heterocycles. The van der Waals surface area contributed by atoms with Gasteiger partial charge >= 0.3 is 0 Å². The van der Waals surface area contributed by atoms with Gasteiger partial charge in [-0.05, 0) is 18.6 Å². The lowest BCUT2D eigenvalue weighted by Crippen LogP contribution is -2.51. The summed E-state index contributed by atoms with van der Waals surface area (Å²) >= 11 is 0. The van der Waals surface area contributed by atoms with Crippen LogP contribution in [0.25, 0.3) is 0 Å². The van der Waals surface area contributed by atoms with E-state index in [9.17, 15) is 14.7 Å². The Hall–Kier alpha value is -2.24. The number of carbonyl (C=O) groups is 2. The van der Waals surface area contributed by atoms with Gasteiger partial charge in [-0.15, -0.1) is 0 Å². The molecule has 2 heterocycles. The predicted molar refractivity (Wildman–Crippen MR) is 82.7 cm³/mol. The average molecular weight is 303 g/mol. The van der Waals surface area contributed by atoms with Crippen LogP contribution >= 0.6 is 0 Å². The Morgan fingerprint density at radius 3 is 2.55 bits per heavy atom. The number of benzene rings is 1. The molecular weight excluding hydrogens is 282 g/mol. The van der Waals surface area contributed by atoms with Crippen molar-refractivity contribution in [2.45, 2.75) is 12.8 Å². The molecule has 0 aromatic heterocycles. The van der Waals surface area contributed by atoms with Crippen LogP contribution in [0, 0.1) is 0 Å². The van der Waals surface area contributed by atoms with E-state index in [1.54, 1.807) is 17.0 Å². The Morgan fingerprint density at radius 1 is 1.14 bits per heavy atom. The number of phenolic OH excluding ortho intramolecular Hbond substituents is 1. The van der Waals surface area contributed by atoms with Crippen molar-refractivity contribution in [1.82, 2.24) is 9.80 Å². The summed E-state index contributed by atoms with van der Waals surface area (Å²) in [4.78, 5) is 29.5. The number of hydrogen-bond donors (Lipinski definition) is 1. The van der Waals surface area contributed by atoms with Crippen molar-refractivity contribution in [3.63, 3.8) is 0 Å². The third-order valence-electron chi connectivity index (χ3n) is 4.32. The van der Waals surface area contributed by atoms with Gasteiger partial charge in [0.1, 0.15) is 5.75 Å². The van der Waals surface area contributed by atoms with Gasteiger partial charge in [-0.1, -0.05) is 6.07 Å². The monoisotopic (exact) mass is 303 g/mol. The lowest BCUT2D eigenvalue weighted by Gasteiger charge is -2.36. The summed E-state index contributed by atoms with van der Waals surface area (Å²) in [5.74, 6) is 0.376. The molecule has 22 heavy (non-hydrogen) atoms. The van der Waals surface area contributed by atoms with Gasteiger partial charge in [-0.25, -0.2) is 0 Å². The first kappa shape index (κ1) is 14.7. The largest absolute Gasteiger partial charge is 0.508 e. The molecule has 0 atom stereocenters. The minimum atomic E-state index is 0.0332. The topological polar surface area (TPSA) is 64.1 Å². The molecule has 1 aromatic carbocycles. The third kappa shape index (κ3) is 3.16. The maximum Gasteiger partial charge on any atom is 0.242 e. The molecule has 2 amide bonds. The van der Waals surface area contributed by atoms with E-state index in [1.807, 2.05) is 17.0 Å². The fourth-order valence-electron chi connectivity index (χ4n) is 3.04. The highest BCUT2D eigenvalue weighted by atomic mass is 16.3. The van der Waals surface area contributed by atoms with Gasteiger partial charge in [0.2, 0.25) is 11.8 Å². The standard InChI is InChI=1S/C16H21N3O3/c20-14-4-1-3-13(11-14)17-7-9-18(10-8-17)16(22)12-19-6-2-5-15(19)21/h1,3-4,11,20H,2,5-10,12H2. The van der Waals surface area contributed by atoms with E-state index in [4.69, 9.17) is 0 Å². The molecular formula is C16H21N3O3. The Balaban J connectivity index is 1.53. The van der Waals surface area contributed by atoms with Crippen molar-refractivity contribution in [3.05, 3.63) is 24.3 Å². The van der Waals surface area contributed by atoms with Crippen LogP contribution < -0.4 is 4.90 Å². The van der Waals surface area contributed by atoms with Crippen molar-refractivity contribution in [3.8, 4) is 5.75 Å². The van der Waals surface area contributed by atoms with Crippen molar-refractivity contribution < 1.29 is 14.7 Å². The average Bonchev–Trinajstić information content (AvgIpc) is 2.92. The number of nitrogens with zero attached hydrogens (tertiary/aromatic N) is 3. The minimum absolute atomic E-state index is 0.0332. The molecule has 118 valence electrons.